The predicted octanol–water partition coefficient (Wildman–Crippen LogP) is 3.81. The molecule has 0 fully saturated rings. The molecular weight excluding hydrogens is 408 g/mol. The van der Waals surface area contributed by atoms with Gasteiger partial charge in [-0.05, 0) is 34.6 Å². The largest absolute Gasteiger partial charge is 0.352 e. The minimum Gasteiger partial charge on any atom is -0.275 e. The van der Waals surface area contributed by atoms with Gasteiger partial charge in [-0.25, -0.2) is 13.9 Å². The van der Waals surface area contributed by atoms with Gasteiger partial charge < -0.3 is 0 Å². The van der Waals surface area contributed by atoms with Crippen molar-refractivity contribution in [2.45, 2.75) is 19.5 Å². The van der Waals surface area contributed by atoms with Crippen molar-refractivity contribution in [3.05, 3.63) is 110 Å². The number of rotatable bonds is 6. The minimum absolute atomic E-state index is 0.110. The molecule has 0 N–H and O–H groups in total. The normalized spacial score (nSPS) is 11.4. The Labute approximate surface area is 181 Å². The summed E-state index contributed by atoms with van der Waals surface area (Å²) < 4.78 is 5.16. The molecule has 5 rings (SSSR count). The second-order valence-corrected chi connectivity index (χ2v) is 8.26. The minimum atomic E-state index is -0.250. The SMILES string of the molecule is C=Cc1ccc(Cn2nc3n(CCc4ccccc4)c(=O)c4sccc4n3c2=O)cc1. The van der Waals surface area contributed by atoms with Crippen LogP contribution in [0, 0.1) is 0 Å². The Bertz CT molecular complexity index is 1510. The third kappa shape index (κ3) is 3.43. The van der Waals surface area contributed by atoms with Crippen LogP contribution in [0.5, 0.6) is 0 Å². The van der Waals surface area contributed by atoms with Crippen LogP contribution in [0.15, 0.2) is 82.2 Å². The van der Waals surface area contributed by atoms with Crippen LogP contribution in [0.4, 0.5) is 0 Å². The van der Waals surface area contributed by atoms with Crippen LogP contribution in [-0.4, -0.2) is 18.7 Å². The molecule has 0 aliphatic heterocycles. The molecule has 31 heavy (non-hydrogen) atoms. The van der Waals surface area contributed by atoms with Crippen LogP contribution in [0.3, 0.4) is 0 Å². The predicted molar refractivity (Wildman–Crippen MR) is 125 cm³/mol. The first-order valence-electron chi connectivity index (χ1n) is 10.0. The molecule has 3 aromatic heterocycles. The first-order chi connectivity index (χ1) is 15.2. The third-order valence-electron chi connectivity index (χ3n) is 5.40. The summed E-state index contributed by atoms with van der Waals surface area (Å²) in [6, 6.07) is 19.6. The number of aryl methyl sites for hydroxylation is 2. The van der Waals surface area contributed by atoms with Gasteiger partial charge in [0, 0.05) is 6.54 Å². The standard InChI is InChI=1S/C24H20N4O2S/c1-2-17-8-10-19(11-9-17)16-27-24(30)28-20-13-15-31-21(20)22(29)26(23(28)25-27)14-12-18-6-4-3-5-7-18/h2-11,13,15H,1,12,14,16H2. The smallest absolute Gasteiger partial charge is 0.275 e. The summed E-state index contributed by atoms with van der Waals surface area (Å²) in [5.41, 5.74) is 3.35. The number of thiophene rings is 1. The monoisotopic (exact) mass is 428 g/mol. The Hall–Kier alpha value is -3.71. The molecule has 3 heterocycles. The van der Waals surface area contributed by atoms with Gasteiger partial charge in [0.05, 0.1) is 12.1 Å². The van der Waals surface area contributed by atoms with Crippen molar-refractivity contribution < 1.29 is 0 Å². The summed E-state index contributed by atoms with van der Waals surface area (Å²) in [6.45, 7) is 4.55. The molecule has 0 saturated heterocycles. The molecule has 0 unspecified atom stereocenters. The summed E-state index contributed by atoms with van der Waals surface area (Å²) >= 11 is 1.35. The van der Waals surface area contributed by atoms with Crippen LogP contribution in [-0.2, 0) is 19.5 Å². The zero-order chi connectivity index (χ0) is 21.4. The maximum Gasteiger partial charge on any atom is 0.352 e. The van der Waals surface area contributed by atoms with E-state index in [1.165, 1.54) is 16.0 Å². The lowest BCUT2D eigenvalue weighted by atomic mass is 10.1. The maximum absolute atomic E-state index is 13.2. The molecule has 5 aromatic rings. The Morgan fingerprint density at radius 3 is 2.48 bits per heavy atom. The van der Waals surface area contributed by atoms with Gasteiger partial charge in [0.25, 0.3) is 5.56 Å². The molecule has 0 aliphatic carbocycles. The molecular formula is C24H20N4O2S. The zero-order valence-electron chi connectivity index (χ0n) is 16.8. The highest BCUT2D eigenvalue weighted by Crippen LogP contribution is 2.18. The Kier molecular flexibility index (Phi) is 4.88. The number of benzene rings is 2. The maximum atomic E-state index is 13.2. The summed E-state index contributed by atoms with van der Waals surface area (Å²) in [5.74, 6) is 0.375. The van der Waals surface area contributed by atoms with Crippen molar-refractivity contribution in [1.82, 2.24) is 18.7 Å². The fraction of sp³-hybridized carbons (Fsp3) is 0.125. The van der Waals surface area contributed by atoms with Gasteiger partial charge in [0.15, 0.2) is 0 Å². The lowest BCUT2D eigenvalue weighted by molar-refractivity contribution is 0.645. The molecule has 0 saturated carbocycles. The number of aromatic nitrogens is 4. The number of fused-ring (bicyclic) bond motifs is 3. The van der Waals surface area contributed by atoms with Crippen molar-refractivity contribution in [3.8, 4) is 0 Å². The fourth-order valence-corrected chi connectivity index (χ4v) is 4.58. The molecule has 0 radical (unpaired) electrons. The zero-order valence-corrected chi connectivity index (χ0v) is 17.6. The van der Waals surface area contributed by atoms with Crippen molar-refractivity contribution in [3.63, 3.8) is 0 Å². The van der Waals surface area contributed by atoms with Crippen molar-refractivity contribution >= 4 is 33.4 Å². The fourth-order valence-electron chi connectivity index (χ4n) is 3.76. The highest BCUT2D eigenvalue weighted by molar-refractivity contribution is 7.17. The van der Waals surface area contributed by atoms with Crippen LogP contribution in [0.1, 0.15) is 16.7 Å². The highest BCUT2D eigenvalue weighted by atomic mass is 32.1. The summed E-state index contributed by atoms with van der Waals surface area (Å²) in [6.07, 6.45) is 2.46. The van der Waals surface area contributed by atoms with E-state index in [4.69, 9.17) is 0 Å². The molecule has 0 amide bonds. The number of hydrogen-bond acceptors (Lipinski definition) is 4. The van der Waals surface area contributed by atoms with E-state index >= 15 is 0 Å². The van der Waals surface area contributed by atoms with Gasteiger partial charge in [0.1, 0.15) is 4.70 Å². The molecule has 0 aliphatic rings. The van der Waals surface area contributed by atoms with Crippen molar-refractivity contribution in [2.24, 2.45) is 0 Å². The quantitative estimate of drug-likeness (QED) is 0.413. The third-order valence-corrected chi connectivity index (χ3v) is 6.29. The Morgan fingerprint density at radius 1 is 0.968 bits per heavy atom. The molecule has 7 heteroatoms. The van der Waals surface area contributed by atoms with E-state index in [9.17, 15) is 9.59 Å². The van der Waals surface area contributed by atoms with Crippen molar-refractivity contribution in [1.29, 1.82) is 0 Å². The Morgan fingerprint density at radius 2 is 1.74 bits per heavy atom. The van der Waals surface area contributed by atoms with E-state index in [-0.39, 0.29) is 11.2 Å². The Balaban J connectivity index is 1.62. The van der Waals surface area contributed by atoms with E-state index in [2.05, 4.69) is 11.7 Å². The molecule has 6 nitrogen and oxygen atoms in total. The first-order valence-corrected chi connectivity index (χ1v) is 10.9. The molecule has 154 valence electrons. The number of hydrogen-bond donors (Lipinski definition) is 0. The van der Waals surface area contributed by atoms with Gasteiger partial charge >= 0.3 is 5.69 Å². The topological polar surface area (TPSA) is 61.3 Å². The summed E-state index contributed by atoms with van der Waals surface area (Å²) in [4.78, 5) is 26.4. The van der Waals surface area contributed by atoms with Crippen LogP contribution in [0.2, 0.25) is 0 Å². The molecule has 0 bridgehead atoms. The van der Waals surface area contributed by atoms with Gasteiger partial charge in [0.2, 0.25) is 5.78 Å². The summed E-state index contributed by atoms with van der Waals surface area (Å²) in [7, 11) is 0. The van der Waals surface area contributed by atoms with Gasteiger partial charge in [-0.1, -0.05) is 67.3 Å². The van der Waals surface area contributed by atoms with Gasteiger partial charge in [-0.3, -0.25) is 9.36 Å². The summed E-state index contributed by atoms with van der Waals surface area (Å²) in [5, 5.41) is 6.41. The first kappa shape index (κ1) is 19.3. The average Bonchev–Trinajstić information content (AvgIpc) is 3.40. The van der Waals surface area contributed by atoms with E-state index < -0.39 is 0 Å². The van der Waals surface area contributed by atoms with Gasteiger partial charge in [-0.2, -0.15) is 0 Å². The lowest BCUT2D eigenvalue weighted by Gasteiger charge is -2.08. The van der Waals surface area contributed by atoms with E-state index in [0.717, 1.165) is 16.7 Å². The van der Waals surface area contributed by atoms with Gasteiger partial charge in [-0.15, -0.1) is 16.4 Å². The van der Waals surface area contributed by atoms with Crippen LogP contribution < -0.4 is 11.2 Å². The van der Waals surface area contributed by atoms with Crippen LogP contribution >= 0.6 is 11.3 Å². The highest BCUT2D eigenvalue weighted by Gasteiger charge is 2.18. The lowest BCUT2D eigenvalue weighted by Crippen LogP contribution is -2.26. The van der Waals surface area contributed by atoms with E-state index in [1.807, 2.05) is 66.0 Å². The van der Waals surface area contributed by atoms with E-state index in [1.54, 1.807) is 15.0 Å². The van der Waals surface area contributed by atoms with E-state index in [0.29, 0.717) is 35.5 Å². The molecule has 0 spiro atoms. The second-order valence-electron chi connectivity index (χ2n) is 7.35. The van der Waals surface area contributed by atoms with Crippen LogP contribution in [0.25, 0.3) is 22.1 Å². The second kappa shape index (κ2) is 7.85. The molecule has 2 aromatic carbocycles. The number of nitrogens with zero attached hydrogens (tertiary/aromatic N) is 4. The average molecular weight is 429 g/mol. The molecule has 0 atom stereocenters. The van der Waals surface area contributed by atoms with Crippen molar-refractivity contribution in [2.75, 3.05) is 0 Å².